The van der Waals surface area contributed by atoms with Crippen LogP contribution in [0.4, 0.5) is 5.69 Å². The maximum Gasteiger partial charge on any atom is 0.238 e. The molecule has 0 spiro atoms. The van der Waals surface area contributed by atoms with E-state index in [1.807, 2.05) is 36.4 Å². The van der Waals surface area contributed by atoms with Crippen molar-refractivity contribution in [3.05, 3.63) is 53.6 Å². The number of anilines is 1. The maximum atomic E-state index is 12.4. The van der Waals surface area contributed by atoms with Crippen LogP contribution in [0, 0.1) is 0 Å². The van der Waals surface area contributed by atoms with Gasteiger partial charge in [0.2, 0.25) is 5.91 Å². The van der Waals surface area contributed by atoms with Crippen molar-refractivity contribution in [1.29, 1.82) is 0 Å². The van der Waals surface area contributed by atoms with Gasteiger partial charge in [0.05, 0.1) is 20.8 Å². The standard InChI is InChI=1S/C20H24N2O3/c1-24-17-7-4-6-16(13-17)21-20(23)14-22-11-9-15-5-3-8-19(25-2)18(15)10-12-22/h3-8,13H,9-12,14H2,1-2H3,(H,21,23). The van der Waals surface area contributed by atoms with Crippen molar-refractivity contribution in [3.63, 3.8) is 0 Å². The highest BCUT2D eigenvalue weighted by Crippen LogP contribution is 2.25. The maximum absolute atomic E-state index is 12.4. The van der Waals surface area contributed by atoms with E-state index in [-0.39, 0.29) is 5.91 Å². The van der Waals surface area contributed by atoms with E-state index >= 15 is 0 Å². The summed E-state index contributed by atoms with van der Waals surface area (Å²) in [5, 5.41) is 2.94. The molecule has 0 saturated heterocycles. The molecule has 1 amide bonds. The summed E-state index contributed by atoms with van der Waals surface area (Å²) in [5.74, 6) is 1.67. The normalized spacial score (nSPS) is 14.3. The number of hydrogen-bond acceptors (Lipinski definition) is 4. The van der Waals surface area contributed by atoms with Gasteiger partial charge in [-0.25, -0.2) is 0 Å². The molecule has 1 heterocycles. The van der Waals surface area contributed by atoms with Gasteiger partial charge >= 0.3 is 0 Å². The van der Waals surface area contributed by atoms with Crippen LogP contribution in [0.15, 0.2) is 42.5 Å². The molecular formula is C20H24N2O3. The number of fused-ring (bicyclic) bond motifs is 1. The van der Waals surface area contributed by atoms with Crippen LogP contribution in [0.2, 0.25) is 0 Å². The Morgan fingerprint density at radius 3 is 2.68 bits per heavy atom. The number of ether oxygens (including phenoxy) is 2. The number of benzene rings is 2. The first-order valence-electron chi connectivity index (χ1n) is 8.50. The van der Waals surface area contributed by atoms with Gasteiger partial charge in [-0.3, -0.25) is 9.69 Å². The third-order valence-corrected chi connectivity index (χ3v) is 4.55. The van der Waals surface area contributed by atoms with Crippen molar-refractivity contribution in [2.75, 3.05) is 39.2 Å². The number of nitrogens with zero attached hydrogens (tertiary/aromatic N) is 1. The van der Waals surface area contributed by atoms with Crippen LogP contribution in [-0.4, -0.2) is 44.7 Å². The molecule has 1 aliphatic heterocycles. The summed E-state index contributed by atoms with van der Waals surface area (Å²) in [7, 11) is 3.32. The van der Waals surface area contributed by atoms with Gasteiger partial charge in [0.25, 0.3) is 0 Å². The zero-order valence-corrected chi connectivity index (χ0v) is 14.7. The van der Waals surface area contributed by atoms with Crippen LogP contribution in [-0.2, 0) is 17.6 Å². The Hall–Kier alpha value is -2.53. The van der Waals surface area contributed by atoms with E-state index in [9.17, 15) is 4.79 Å². The lowest BCUT2D eigenvalue weighted by Gasteiger charge is -2.19. The predicted octanol–water partition coefficient (Wildman–Crippen LogP) is 2.74. The average molecular weight is 340 g/mol. The lowest BCUT2D eigenvalue weighted by Crippen LogP contribution is -2.35. The van der Waals surface area contributed by atoms with Gasteiger partial charge in [0, 0.05) is 24.8 Å². The number of nitrogens with one attached hydrogen (secondary N) is 1. The number of rotatable bonds is 5. The van der Waals surface area contributed by atoms with Crippen LogP contribution >= 0.6 is 0 Å². The van der Waals surface area contributed by atoms with Gasteiger partial charge < -0.3 is 14.8 Å². The molecule has 132 valence electrons. The van der Waals surface area contributed by atoms with E-state index in [2.05, 4.69) is 16.3 Å². The monoisotopic (exact) mass is 340 g/mol. The van der Waals surface area contributed by atoms with Crippen molar-refractivity contribution in [2.24, 2.45) is 0 Å². The molecule has 5 heteroatoms. The first-order valence-corrected chi connectivity index (χ1v) is 8.50. The van der Waals surface area contributed by atoms with E-state index in [4.69, 9.17) is 9.47 Å². The Bertz CT molecular complexity index is 745. The number of carbonyl (C=O) groups is 1. The largest absolute Gasteiger partial charge is 0.497 e. The van der Waals surface area contributed by atoms with Gasteiger partial charge in [0.15, 0.2) is 0 Å². The van der Waals surface area contributed by atoms with Crippen molar-refractivity contribution in [3.8, 4) is 11.5 Å². The molecule has 5 nitrogen and oxygen atoms in total. The van der Waals surface area contributed by atoms with Crippen molar-refractivity contribution in [1.82, 2.24) is 4.90 Å². The molecule has 25 heavy (non-hydrogen) atoms. The third kappa shape index (κ3) is 4.31. The fourth-order valence-corrected chi connectivity index (χ4v) is 3.24. The van der Waals surface area contributed by atoms with Crippen LogP contribution in [0.25, 0.3) is 0 Å². The van der Waals surface area contributed by atoms with Gasteiger partial charge in [-0.1, -0.05) is 18.2 Å². The molecule has 0 bridgehead atoms. The van der Waals surface area contributed by atoms with Gasteiger partial charge in [-0.15, -0.1) is 0 Å². The Kier molecular flexibility index (Phi) is 5.56. The van der Waals surface area contributed by atoms with E-state index < -0.39 is 0 Å². The highest BCUT2D eigenvalue weighted by molar-refractivity contribution is 5.92. The summed E-state index contributed by atoms with van der Waals surface area (Å²) in [6.45, 7) is 2.10. The highest BCUT2D eigenvalue weighted by Gasteiger charge is 2.18. The quantitative estimate of drug-likeness (QED) is 0.909. The topological polar surface area (TPSA) is 50.8 Å². The lowest BCUT2D eigenvalue weighted by molar-refractivity contribution is -0.117. The first-order chi connectivity index (χ1) is 12.2. The molecule has 2 aromatic carbocycles. The molecule has 1 N–H and O–H groups in total. The minimum absolute atomic E-state index is 0.00817. The molecule has 0 unspecified atom stereocenters. The molecule has 3 rings (SSSR count). The van der Waals surface area contributed by atoms with Crippen LogP contribution in [0.1, 0.15) is 11.1 Å². The van der Waals surface area contributed by atoms with Crippen molar-refractivity contribution >= 4 is 11.6 Å². The van der Waals surface area contributed by atoms with Crippen molar-refractivity contribution in [2.45, 2.75) is 12.8 Å². The summed E-state index contributed by atoms with van der Waals surface area (Å²) in [5.41, 5.74) is 3.33. The molecular weight excluding hydrogens is 316 g/mol. The van der Waals surface area contributed by atoms with Gasteiger partial charge in [0.1, 0.15) is 11.5 Å². The fraction of sp³-hybridized carbons (Fsp3) is 0.350. The van der Waals surface area contributed by atoms with Gasteiger partial charge in [-0.2, -0.15) is 0 Å². The average Bonchev–Trinajstić information content (AvgIpc) is 2.84. The molecule has 0 fully saturated rings. The van der Waals surface area contributed by atoms with Gasteiger partial charge in [-0.05, 0) is 42.2 Å². The predicted molar refractivity (Wildman–Crippen MR) is 98.5 cm³/mol. The molecule has 0 atom stereocenters. The van der Waals surface area contributed by atoms with Crippen molar-refractivity contribution < 1.29 is 14.3 Å². The Labute approximate surface area is 148 Å². The third-order valence-electron chi connectivity index (χ3n) is 4.55. The Morgan fingerprint density at radius 2 is 1.88 bits per heavy atom. The Balaban J connectivity index is 1.60. The minimum Gasteiger partial charge on any atom is -0.497 e. The van der Waals surface area contributed by atoms with E-state index in [1.165, 1.54) is 11.1 Å². The number of hydrogen-bond donors (Lipinski definition) is 1. The first kappa shape index (κ1) is 17.3. The summed E-state index contributed by atoms with van der Waals surface area (Å²) in [4.78, 5) is 14.6. The lowest BCUT2D eigenvalue weighted by atomic mass is 10.0. The zero-order chi connectivity index (χ0) is 17.6. The SMILES string of the molecule is COc1cccc(NC(=O)CN2CCc3cccc(OC)c3CC2)c1. The zero-order valence-electron chi connectivity index (χ0n) is 14.7. The molecule has 2 aromatic rings. The number of amides is 1. The summed E-state index contributed by atoms with van der Waals surface area (Å²) < 4.78 is 10.7. The molecule has 0 aromatic heterocycles. The van der Waals surface area contributed by atoms with E-state index in [0.29, 0.717) is 6.54 Å². The van der Waals surface area contributed by atoms with E-state index in [1.54, 1.807) is 14.2 Å². The number of methoxy groups -OCH3 is 2. The summed E-state index contributed by atoms with van der Waals surface area (Å²) in [6.07, 6.45) is 1.82. The molecule has 0 aliphatic carbocycles. The second kappa shape index (κ2) is 8.03. The molecule has 1 aliphatic rings. The second-order valence-corrected chi connectivity index (χ2v) is 6.15. The summed E-state index contributed by atoms with van der Waals surface area (Å²) >= 11 is 0. The Morgan fingerprint density at radius 1 is 1.08 bits per heavy atom. The van der Waals surface area contributed by atoms with Crippen LogP contribution < -0.4 is 14.8 Å². The number of carbonyl (C=O) groups excluding carboxylic acids is 1. The minimum atomic E-state index is -0.00817. The van der Waals surface area contributed by atoms with Crippen LogP contribution in [0.5, 0.6) is 11.5 Å². The highest BCUT2D eigenvalue weighted by atomic mass is 16.5. The second-order valence-electron chi connectivity index (χ2n) is 6.15. The van der Waals surface area contributed by atoms with E-state index in [0.717, 1.165) is 43.1 Å². The van der Waals surface area contributed by atoms with Crippen LogP contribution in [0.3, 0.4) is 0 Å². The molecule has 0 saturated carbocycles. The smallest absolute Gasteiger partial charge is 0.238 e. The summed E-state index contributed by atoms with van der Waals surface area (Å²) in [6, 6.07) is 13.6. The molecule has 0 radical (unpaired) electrons. The fourth-order valence-electron chi connectivity index (χ4n) is 3.24.